The molecule has 1 saturated heterocycles. The molecule has 1 spiro atoms. The van der Waals surface area contributed by atoms with Crippen LogP contribution in [0.5, 0.6) is 11.6 Å². The Labute approximate surface area is 148 Å². The molecule has 1 aromatic carbocycles. The predicted molar refractivity (Wildman–Crippen MR) is 90.8 cm³/mol. The van der Waals surface area contributed by atoms with Crippen LogP contribution < -0.4 is 20.5 Å². The summed E-state index contributed by atoms with van der Waals surface area (Å²) in [6.45, 7) is 0.123. The third-order valence-electron chi connectivity index (χ3n) is 5.27. The number of benzene rings is 1. The Hall–Kier alpha value is -2.90. The number of carbonyl (C=O) groups excluding carboxylic acids is 2. The highest BCUT2D eigenvalue weighted by molar-refractivity contribution is 6.01. The molecule has 3 N–H and O–H groups in total. The minimum Gasteiger partial charge on any atom is -0.496 e. The first kappa shape index (κ1) is 16.6. The molecule has 2 aliphatic rings. The van der Waals surface area contributed by atoms with Crippen LogP contribution in [0.3, 0.4) is 0 Å². The van der Waals surface area contributed by atoms with Gasteiger partial charge in [0, 0.05) is 17.0 Å². The topological polar surface area (TPSA) is 104 Å². The van der Waals surface area contributed by atoms with E-state index in [1.54, 1.807) is 24.4 Å². The molecule has 7 nitrogen and oxygen atoms in total. The average Bonchev–Trinajstić information content (AvgIpc) is 3.40. The number of halogens is 1. The maximum absolute atomic E-state index is 14.1. The van der Waals surface area contributed by atoms with Gasteiger partial charge in [-0.1, -0.05) is 0 Å². The van der Waals surface area contributed by atoms with Gasteiger partial charge in [-0.3, -0.25) is 9.59 Å². The number of ether oxygens (including phenoxy) is 2. The largest absolute Gasteiger partial charge is 0.496 e. The minimum atomic E-state index is -1.48. The van der Waals surface area contributed by atoms with E-state index in [1.807, 2.05) is 0 Å². The van der Waals surface area contributed by atoms with E-state index in [9.17, 15) is 14.0 Å². The number of hydrogen-bond acceptors (Lipinski definition) is 5. The molecule has 1 aliphatic carbocycles. The van der Waals surface area contributed by atoms with Gasteiger partial charge in [0.15, 0.2) is 6.17 Å². The van der Waals surface area contributed by atoms with Crippen molar-refractivity contribution in [2.24, 2.45) is 11.1 Å². The van der Waals surface area contributed by atoms with Crippen LogP contribution in [0.25, 0.3) is 10.8 Å². The Morgan fingerprint density at radius 1 is 1.46 bits per heavy atom. The zero-order valence-electron chi connectivity index (χ0n) is 14.1. The van der Waals surface area contributed by atoms with Crippen LogP contribution in [0.2, 0.25) is 0 Å². The lowest BCUT2D eigenvalue weighted by Gasteiger charge is -2.19. The summed E-state index contributed by atoms with van der Waals surface area (Å²) < 4.78 is 25.1. The zero-order valence-corrected chi connectivity index (χ0v) is 14.1. The maximum atomic E-state index is 14.1. The molecule has 1 aromatic heterocycles. The van der Waals surface area contributed by atoms with Gasteiger partial charge < -0.3 is 20.5 Å². The van der Waals surface area contributed by atoms with E-state index in [0.717, 1.165) is 0 Å². The Morgan fingerprint density at radius 3 is 2.88 bits per heavy atom. The van der Waals surface area contributed by atoms with E-state index >= 15 is 0 Å². The van der Waals surface area contributed by atoms with Crippen molar-refractivity contribution < 1.29 is 23.5 Å². The fraction of sp³-hybridized carbons (Fsp3) is 0.389. The highest BCUT2D eigenvalue weighted by Crippen LogP contribution is 2.55. The van der Waals surface area contributed by atoms with Crippen LogP contribution in [0.15, 0.2) is 24.4 Å². The number of methoxy groups -OCH3 is 1. The van der Waals surface area contributed by atoms with Gasteiger partial charge in [-0.2, -0.15) is 0 Å². The Morgan fingerprint density at radius 2 is 2.23 bits per heavy atom. The predicted octanol–water partition coefficient (Wildman–Crippen LogP) is 1.34. The molecular formula is C18H18FN3O4. The van der Waals surface area contributed by atoms with E-state index in [4.69, 9.17) is 15.2 Å². The van der Waals surface area contributed by atoms with Crippen LogP contribution in [-0.4, -0.2) is 42.7 Å². The van der Waals surface area contributed by atoms with Gasteiger partial charge >= 0.3 is 0 Å². The highest BCUT2D eigenvalue weighted by Gasteiger charge is 2.63. The molecule has 2 heterocycles. The van der Waals surface area contributed by atoms with Crippen LogP contribution in [0.4, 0.5) is 4.39 Å². The number of amides is 2. The molecule has 2 amide bonds. The lowest BCUT2D eigenvalue weighted by molar-refractivity contribution is -0.124. The zero-order chi connectivity index (χ0) is 18.5. The quantitative estimate of drug-likeness (QED) is 0.838. The number of primary amides is 1. The standard InChI is InChI=1S/C18H18FN3O4/c1-25-12-7-10-9(6-11(12)15(20)23)2-5-21-17(10)26-8-13-18(3-4-18)14(19)16(24)22-13/h2,5-7,13-14H,3-4,8H2,1H3,(H2,20,23)(H,22,24)/t13-,14?/m0/s1. The summed E-state index contributed by atoms with van der Waals surface area (Å²) in [5, 5.41) is 4.02. The molecule has 2 fully saturated rings. The normalized spacial score (nSPS) is 23.1. The lowest BCUT2D eigenvalue weighted by atomic mass is 9.96. The molecule has 0 bridgehead atoms. The smallest absolute Gasteiger partial charge is 0.255 e. The SMILES string of the molecule is COc1cc2c(OC[C@@H]3NC(=O)C(F)C34CC4)nccc2cc1C(N)=O. The van der Waals surface area contributed by atoms with Crippen molar-refractivity contribution in [1.29, 1.82) is 0 Å². The summed E-state index contributed by atoms with van der Waals surface area (Å²) in [6, 6.07) is 4.60. The van der Waals surface area contributed by atoms with E-state index in [1.165, 1.54) is 7.11 Å². The summed E-state index contributed by atoms with van der Waals surface area (Å²) in [5.74, 6) is -0.528. The highest BCUT2D eigenvalue weighted by atomic mass is 19.1. The van der Waals surface area contributed by atoms with Crippen LogP contribution >= 0.6 is 0 Å². The Kier molecular flexibility index (Phi) is 3.71. The second kappa shape index (κ2) is 5.82. The average molecular weight is 359 g/mol. The van der Waals surface area contributed by atoms with Crippen LogP contribution in [-0.2, 0) is 4.79 Å². The molecule has 26 heavy (non-hydrogen) atoms. The number of nitrogens with one attached hydrogen (secondary N) is 1. The number of nitrogens with zero attached hydrogens (tertiary/aromatic N) is 1. The summed E-state index contributed by atoms with van der Waals surface area (Å²) in [4.78, 5) is 27.4. The Bertz CT molecular complexity index is 913. The third-order valence-corrected chi connectivity index (χ3v) is 5.27. The third kappa shape index (κ3) is 2.44. The maximum Gasteiger partial charge on any atom is 0.255 e. The van der Waals surface area contributed by atoms with Gasteiger partial charge in [0.2, 0.25) is 5.88 Å². The molecule has 136 valence electrons. The lowest BCUT2D eigenvalue weighted by Crippen LogP contribution is -2.36. The van der Waals surface area contributed by atoms with E-state index in [-0.39, 0.29) is 18.2 Å². The monoisotopic (exact) mass is 359 g/mol. The van der Waals surface area contributed by atoms with E-state index in [0.29, 0.717) is 35.2 Å². The summed E-state index contributed by atoms with van der Waals surface area (Å²) in [5.41, 5.74) is 5.00. The van der Waals surface area contributed by atoms with Gasteiger partial charge in [0.25, 0.3) is 11.8 Å². The fourth-order valence-corrected chi connectivity index (χ4v) is 3.59. The fourth-order valence-electron chi connectivity index (χ4n) is 3.59. The molecule has 1 aliphatic heterocycles. The number of hydrogen-bond donors (Lipinski definition) is 2. The Balaban J connectivity index is 1.63. The van der Waals surface area contributed by atoms with Crippen molar-refractivity contribution in [3.05, 3.63) is 30.0 Å². The van der Waals surface area contributed by atoms with Gasteiger partial charge in [-0.15, -0.1) is 0 Å². The van der Waals surface area contributed by atoms with Crippen molar-refractivity contribution >= 4 is 22.6 Å². The van der Waals surface area contributed by atoms with Gasteiger partial charge in [0.1, 0.15) is 12.4 Å². The molecule has 2 aromatic rings. The number of aromatic nitrogens is 1. The van der Waals surface area contributed by atoms with Gasteiger partial charge in [-0.05, 0) is 36.4 Å². The number of nitrogens with two attached hydrogens (primary N) is 1. The number of alkyl halides is 1. The molecule has 0 radical (unpaired) electrons. The van der Waals surface area contributed by atoms with Crippen LogP contribution in [0.1, 0.15) is 23.2 Å². The molecule has 1 unspecified atom stereocenters. The molecule has 2 atom stereocenters. The second-order valence-corrected chi connectivity index (χ2v) is 6.72. The number of fused-ring (bicyclic) bond motifs is 1. The van der Waals surface area contributed by atoms with Crippen molar-refractivity contribution in [3.63, 3.8) is 0 Å². The van der Waals surface area contributed by atoms with Crippen molar-refractivity contribution in [3.8, 4) is 11.6 Å². The molecular weight excluding hydrogens is 341 g/mol. The van der Waals surface area contributed by atoms with Crippen molar-refractivity contribution in [2.75, 3.05) is 13.7 Å². The first-order valence-corrected chi connectivity index (χ1v) is 8.30. The molecule has 8 heteroatoms. The second-order valence-electron chi connectivity index (χ2n) is 6.72. The number of rotatable bonds is 5. The van der Waals surface area contributed by atoms with Crippen molar-refractivity contribution in [1.82, 2.24) is 10.3 Å². The first-order valence-electron chi connectivity index (χ1n) is 8.30. The minimum absolute atomic E-state index is 0.123. The number of pyridine rings is 1. The number of carbonyl (C=O) groups is 2. The van der Waals surface area contributed by atoms with Gasteiger partial charge in [0.05, 0.1) is 18.7 Å². The van der Waals surface area contributed by atoms with Crippen LogP contribution in [0, 0.1) is 5.41 Å². The van der Waals surface area contributed by atoms with Crippen molar-refractivity contribution in [2.45, 2.75) is 25.1 Å². The van der Waals surface area contributed by atoms with E-state index in [2.05, 4.69) is 10.3 Å². The summed E-state index contributed by atoms with van der Waals surface area (Å²) in [7, 11) is 1.44. The summed E-state index contributed by atoms with van der Waals surface area (Å²) >= 11 is 0. The first-order chi connectivity index (χ1) is 12.5. The molecule has 1 saturated carbocycles. The summed E-state index contributed by atoms with van der Waals surface area (Å²) in [6.07, 6.45) is 1.40. The molecule has 4 rings (SSSR count). The van der Waals surface area contributed by atoms with Gasteiger partial charge in [-0.25, -0.2) is 9.37 Å². The van der Waals surface area contributed by atoms with E-state index < -0.39 is 23.4 Å².